The molecule has 1 unspecified atom stereocenters. The quantitative estimate of drug-likeness (QED) is 0.569. The molecular formula is C15H30N4OS. The van der Waals surface area contributed by atoms with Crippen LogP contribution < -0.4 is 10.6 Å². The summed E-state index contributed by atoms with van der Waals surface area (Å²) in [4.78, 5) is 7.49. The van der Waals surface area contributed by atoms with Crippen LogP contribution in [0.3, 0.4) is 0 Å². The third-order valence-electron chi connectivity index (χ3n) is 4.18. The number of hydrogen-bond donors (Lipinski definition) is 2. The molecule has 0 spiro atoms. The van der Waals surface area contributed by atoms with Crippen molar-refractivity contribution in [1.29, 1.82) is 0 Å². The molecule has 122 valence electrons. The van der Waals surface area contributed by atoms with E-state index in [0.29, 0.717) is 0 Å². The van der Waals surface area contributed by atoms with Gasteiger partial charge in [0.15, 0.2) is 5.96 Å². The van der Waals surface area contributed by atoms with Crippen LogP contribution in [0.5, 0.6) is 0 Å². The molecule has 2 rings (SSSR count). The van der Waals surface area contributed by atoms with Crippen molar-refractivity contribution in [1.82, 2.24) is 15.5 Å². The number of nitrogens with one attached hydrogen (secondary N) is 2. The monoisotopic (exact) mass is 314 g/mol. The molecule has 21 heavy (non-hydrogen) atoms. The first-order valence-electron chi connectivity index (χ1n) is 8.23. The molecule has 2 fully saturated rings. The number of aliphatic imine (C=N–C) groups is 1. The highest BCUT2D eigenvalue weighted by molar-refractivity contribution is 7.99. The van der Waals surface area contributed by atoms with Crippen molar-refractivity contribution in [2.75, 3.05) is 57.4 Å². The minimum absolute atomic E-state index is 0.239. The van der Waals surface area contributed by atoms with E-state index in [1.165, 1.54) is 17.9 Å². The molecule has 0 saturated carbocycles. The van der Waals surface area contributed by atoms with Gasteiger partial charge in [-0.2, -0.15) is 11.8 Å². The van der Waals surface area contributed by atoms with Crippen molar-refractivity contribution in [2.24, 2.45) is 4.99 Å². The van der Waals surface area contributed by atoms with Gasteiger partial charge in [-0.25, -0.2) is 0 Å². The second-order valence-corrected chi connectivity index (χ2v) is 6.85. The maximum atomic E-state index is 5.51. The summed E-state index contributed by atoms with van der Waals surface area (Å²) < 4.78 is 5.51. The predicted octanol–water partition coefficient (Wildman–Crippen LogP) is 1.16. The Bertz CT molecular complexity index is 326. The number of guanidine groups is 1. The van der Waals surface area contributed by atoms with Gasteiger partial charge in [0.05, 0.1) is 25.3 Å². The van der Waals surface area contributed by atoms with Gasteiger partial charge in [0.25, 0.3) is 0 Å². The lowest BCUT2D eigenvalue weighted by Crippen LogP contribution is -2.56. The summed E-state index contributed by atoms with van der Waals surface area (Å²) in [6.07, 6.45) is 2.36. The fourth-order valence-corrected chi connectivity index (χ4v) is 4.39. The Labute approximate surface area is 133 Å². The zero-order valence-electron chi connectivity index (χ0n) is 13.5. The lowest BCUT2D eigenvalue weighted by molar-refractivity contribution is -0.0104. The van der Waals surface area contributed by atoms with Gasteiger partial charge in [-0.05, 0) is 25.5 Å². The van der Waals surface area contributed by atoms with Crippen LogP contribution in [0, 0.1) is 0 Å². The second-order valence-electron chi connectivity index (χ2n) is 5.75. The number of hydrogen-bond acceptors (Lipinski definition) is 4. The standard InChI is InChI=1S/C15H30N4OS/c1-3-6-17-14(16-4-2)18-12-15(5-11-21-13-15)19-7-9-20-10-8-19/h3-13H2,1-2H3,(H2,16,17,18). The van der Waals surface area contributed by atoms with E-state index in [1.54, 1.807) is 0 Å². The summed E-state index contributed by atoms with van der Waals surface area (Å²) in [5.41, 5.74) is 0.239. The van der Waals surface area contributed by atoms with E-state index < -0.39 is 0 Å². The zero-order chi connectivity index (χ0) is 15.0. The van der Waals surface area contributed by atoms with Gasteiger partial charge >= 0.3 is 0 Å². The summed E-state index contributed by atoms with van der Waals surface area (Å²) >= 11 is 2.06. The highest BCUT2D eigenvalue weighted by atomic mass is 32.2. The van der Waals surface area contributed by atoms with E-state index in [9.17, 15) is 0 Å². The topological polar surface area (TPSA) is 48.9 Å². The Morgan fingerprint density at radius 2 is 2.10 bits per heavy atom. The van der Waals surface area contributed by atoms with Gasteiger partial charge < -0.3 is 15.4 Å². The average Bonchev–Trinajstić information content (AvgIpc) is 3.01. The molecule has 0 aromatic rings. The van der Waals surface area contributed by atoms with Gasteiger partial charge in [0.1, 0.15) is 0 Å². The molecule has 0 radical (unpaired) electrons. The molecule has 2 heterocycles. The third-order valence-corrected chi connectivity index (χ3v) is 5.42. The number of thioether (sulfide) groups is 1. The minimum atomic E-state index is 0.239. The van der Waals surface area contributed by atoms with E-state index in [0.717, 1.165) is 58.3 Å². The van der Waals surface area contributed by atoms with Crippen LogP contribution in [0.1, 0.15) is 26.7 Å². The molecule has 0 aromatic carbocycles. The molecule has 0 bridgehead atoms. The van der Waals surface area contributed by atoms with Gasteiger partial charge in [0.2, 0.25) is 0 Å². The second kappa shape index (κ2) is 8.86. The first-order chi connectivity index (χ1) is 10.3. The zero-order valence-corrected chi connectivity index (χ0v) is 14.3. The third kappa shape index (κ3) is 4.76. The number of morpholine rings is 1. The van der Waals surface area contributed by atoms with E-state index >= 15 is 0 Å². The number of nitrogens with zero attached hydrogens (tertiary/aromatic N) is 2. The molecule has 5 nitrogen and oxygen atoms in total. The fraction of sp³-hybridized carbons (Fsp3) is 0.933. The van der Waals surface area contributed by atoms with Crippen LogP contribution in [-0.4, -0.2) is 73.8 Å². The smallest absolute Gasteiger partial charge is 0.191 e. The van der Waals surface area contributed by atoms with Crippen LogP contribution >= 0.6 is 11.8 Å². The van der Waals surface area contributed by atoms with Crippen molar-refractivity contribution in [3.8, 4) is 0 Å². The number of ether oxygens (including phenoxy) is 1. The van der Waals surface area contributed by atoms with Crippen LogP contribution in [0.25, 0.3) is 0 Å². The molecule has 0 aliphatic carbocycles. The van der Waals surface area contributed by atoms with E-state index in [4.69, 9.17) is 9.73 Å². The van der Waals surface area contributed by atoms with Crippen molar-refractivity contribution in [2.45, 2.75) is 32.2 Å². The molecule has 2 aliphatic rings. The van der Waals surface area contributed by atoms with Crippen LogP contribution in [-0.2, 0) is 4.74 Å². The largest absolute Gasteiger partial charge is 0.379 e. The molecule has 0 amide bonds. The molecular weight excluding hydrogens is 284 g/mol. The van der Waals surface area contributed by atoms with Gasteiger partial charge in [-0.3, -0.25) is 9.89 Å². The number of rotatable bonds is 6. The molecule has 2 N–H and O–H groups in total. The Morgan fingerprint density at radius 1 is 1.29 bits per heavy atom. The van der Waals surface area contributed by atoms with Gasteiger partial charge in [-0.15, -0.1) is 0 Å². The van der Waals surface area contributed by atoms with Crippen molar-refractivity contribution in [3.63, 3.8) is 0 Å². The highest BCUT2D eigenvalue weighted by Gasteiger charge is 2.40. The van der Waals surface area contributed by atoms with E-state index in [-0.39, 0.29) is 5.54 Å². The maximum Gasteiger partial charge on any atom is 0.191 e. The Morgan fingerprint density at radius 3 is 2.71 bits per heavy atom. The van der Waals surface area contributed by atoms with Crippen LogP contribution in [0.4, 0.5) is 0 Å². The Kier molecular flexibility index (Phi) is 7.13. The average molecular weight is 314 g/mol. The summed E-state index contributed by atoms with van der Waals surface area (Å²) in [6, 6.07) is 0. The molecule has 1 atom stereocenters. The summed E-state index contributed by atoms with van der Waals surface area (Å²) in [6.45, 7) is 10.9. The molecule has 0 aromatic heterocycles. The fourth-order valence-electron chi connectivity index (χ4n) is 2.92. The van der Waals surface area contributed by atoms with Gasteiger partial charge in [-0.1, -0.05) is 6.92 Å². The Hall–Kier alpha value is -0.460. The van der Waals surface area contributed by atoms with Gasteiger partial charge in [0, 0.05) is 31.9 Å². The molecule has 6 heteroatoms. The first kappa shape index (κ1) is 16.9. The van der Waals surface area contributed by atoms with E-state index in [1.807, 2.05) is 0 Å². The lowest BCUT2D eigenvalue weighted by Gasteiger charge is -2.42. The summed E-state index contributed by atoms with van der Waals surface area (Å²) in [7, 11) is 0. The lowest BCUT2D eigenvalue weighted by atomic mass is 9.96. The highest BCUT2D eigenvalue weighted by Crippen LogP contribution is 2.34. The molecule has 2 saturated heterocycles. The summed E-state index contributed by atoms with van der Waals surface area (Å²) in [5, 5.41) is 6.75. The van der Waals surface area contributed by atoms with Crippen LogP contribution in [0.15, 0.2) is 4.99 Å². The first-order valence-corrected chi connectivity index (χ1v) is 9.39. The normalized spacial score (nSPS) is 27.8. The van der Waals surface area contributed by atoms with Crippen molar-refractivity contribution < 1.29 is 4.74 Å². The minimum Gasteiger partial charge on any atom is -0.379 e. The SMILES string of the molecule is CCCNC(=NCC1(N2CCOCC2)CCSC1)NCC. The van der Waals surface area contributed by atoms with Crippen molar-refractivity contribution >= 4 is 17.7 Å². The van der Waals surface area contributed by atoms with Crippen molar-refractivity contribution in [3.05, 3.63) is 0 Å². The maximum absolute atomic E-state index is 5.51. The molecule has 2 aliphatic heterocycles. The Balaban J connectivity index is 2.00. The summed E-state index contributed by atoms with van der Waals surface area (Å²) in [5.74, 6) is 3.42. The van der Waals surface area contributed by atoms with Crippen LogP contribution in [0.2, 0.25) is 0 Å². The van der Waals surface area contributed by atoms with E-state index in [2.05, 4.69) is 41.1 Å². The predicted molar refractivity (Wildman–Crippen MR) is 91.3 cm³/mol.